The SMILES string of the molecule is O=C(O)c1ccc(/C=C(\C(=C/c2ccc(C(=O)O)c3ccccc23)[N+](=O)[O-])[N+](=O)[O-])c2ccccc12. The van der Waals surface area contributed by atoms with E-state index in [-0.39, 0.29) is 22.3 Å². The lowest BCUT2D eigenvalue weighted by Gasteiger charge is -2.07. The summed E-state index contributed by atoms with van der Waals surface area (Å²) in [7, 11) is 0. The molecule has 4 aromatic carbocycles. The maximum atomic E-state index is 12.0. The zero-order chi connectivity index (χ0) is 26.0. The molecule has 2 N–H and O–H groups in total. The van der Waals surface area contributed by atoms with Gasteiger partial charge in [0.25, 0.3) is 0 Å². The topological polar surface area (TPSA) is 161 Å². The molecule has 178 valence electrons. The van der Waals surface area contributed by atoms with E-state index in [1.54, 1.807) is 48.5 Å². The van der Waals surface area contributed by atoms with Crippen LogP contribution in [0, 0.1) is 20.2 Å². The van der Waals surface area contributed by atoms with Crippen molar-refractivity contribution < 1.29 is 29.6 Å². The molecule has 0 aliphatic heterocycles. The van der Waals surface area contributed by atoms with Gasteiger partial charge in [-0.15, -0.1) is 0 Å². The molecule has 0 amide bonds. The summed E-state index contributed by atoms with van der Waals surface area (Å²) in [6.07, 6.45) is 2.05. The molecule has 0 saturated carbocycles. The second kappa shape index (κ2) is 9.47. The number of carboxylic acids is 2. The van der Waals surface area contributed by atoms with E-state index in [2.05, 4.69) is 0 Å². The van der Waals surface area contributed by atoms with Crippen LogP contribution in [0.1, 0.15) is 31.8 Å². The van der Waals surface area contributed by atoms with Crippen LogP contribution in [-0.2, 0) is 0 Å². The van der Waals surface area contributed by atoms with Gasteiger partial charge in [0, 0.05) is 12.2 Å². The maximum absolute atomic E-state index is 12.0. The lowest BCUT2D eigenvalue weighted by atomic mass is 9.97. The Morgan fingerprint density at radius 2 is 0.917 bits per heavy atom. The second-order valence-corrected chi connectivity index (χ2v) is 7.68. The van der Waals surface area contributed by atoms with E-state index in [0.717, 1.165) is 12.2 Å². The fourth-order valence-electron chi connectivity index (χ4n) is 4.00. The zero-order valence-electron chi connectivity index (χ0n) is 18.3. The number of carboxylic acid groups (broad SMARTS) is 2. The average Bonchev–Trinajstić information content (AvgIpc) is 2.85. The average molecular weight is 484 g/mol. The van der Waals surface area contributed by atoms with Gasteiger partial charge in [-0.2, -0.15) is 0 Å². The summed E-state index contributed by atoms with van der Waals surface area (Å²) in [5, 5.41) is 44.2. The van der Waals surface area contributed by atoms with Crippen molar-refractivity contribution in [2.24, 2.45) is 0 Å². The molecule has 4 aromatic rings. The van der Waals surface area contributed by atoms with Crippen LogP contribution in [0.4, 0.5) is 0 Å². The Balaban J connectivity index is 1.96. The maximum Gasteiger partial charge on any atom is 0.346 e. The van der Waals surface area contributed by atoms with E-state index < -0.39 is 33.2 Å². The summed E-state index contributed by atoms with van der Waals surface area (Å²) in [6.45, 7) is 0. The van der Waals surface area contributed by atoms with Crippen molar-refractivity contribution in [1.82, 2.24) is 0 Å². The highest BCUT2D eigenvalue weighted by atomic mass is 16.6. The first-order valence-electron chi connectivity index (χ1n) is 10.4. The lowest BCUT2D eigenvalue weighted by Crippen LogP contribution is -2.10. The van der Waals surface area contributed by atoms with Gasteiger partial charge >= 0.3 is 23.3 Å². The van der Waals surface area contributed by atoms with Gasteiger partial charge < -0.3 is 10.2 Å². The predicted molar refractivity (Wildman–Crippen MR) is 132 cm³/mol. The molecule has 0 saturated heterocycles. The van der Waals surface area contributed by atoms with Crippen LogP contribution in [0.25, 0.3) is 33.7 Å². The molecule has 0 aliphatic carbocycles. The minimum Gasteiger partial charge on any atom is -0.478 e. The molecule has 36 heavy (non-hydrogen) atoms. The molecule has 4 rings (SSSR count). The van der Waals surface area contributed by atoms with Crippen LogP contribution in [0.15, 0.2) is 84.2 Å². The van der Waals surface area contributed by atoms with Gasteiger partial charge in [0.05, 0.1) is 21.0 Å². The number of hydrogen-bond donors (Lipinski definition) is 2. The van der Waals surface area contributed by atoms with Crippen molar-refractivity contribution in [3.05, 3.63) is 127 Å². The molecule has 10 heteroatoms. The lowest BCUT2D eigenvalue weighted by molar-refractivity contribution is -0.477. The minimum absolute atomic E-state index is 0.0135. The van der Waals surface area contributed by atoms with Gasteiger partial charge in [0.1, 0.15) is 0 Å². The molecule has 0 radical (unpaired) electrons. The summed E-state index contributed by atoms with van der Waals surface area (Å²) in [5.41, 5.74) is -1.22. The largest absolute Gasteiger partial charge is 0.478 e. The molecule has 0 aliphatic rings. The Morgan fingerprint density at radius 3 is 1.22 bits per heavy atom. The first-order valence-corrected chi connectivity index (χ1v) is 10.4. The van der Waals surface area contributed by atoms with Crippen LogP contribution in [0.3, 0.4) is 0 Å². The smallest absolute Gasteiger partial charge is 0.346 e. The fourth-order valence-corrected chi connectivity index (χ4v) is 4.00. The highest BCUT2D eigenvalue weighted by molar-refractivity contribution is 6.07. The molecule has 10 nitrogen and oxygen atoms in total. The molecule has 0 fully saturated rings. The van der Waals surface area contributed by atoms with E-state index in [0.29, 0.717) is 21.5 Å². The highest BCUT2D eigenvalue weighted by Crippen LogP contribution is 2.29. The van der Waals surface area contributed by atoms with Gasteiger partial charge in [-0.25, -0.2) is 9.59 Å². The highest BCUT2D eigenvalue weighted by Gasteiger charge is 2.30. The number of fused-ring (bicyclic) bond motifs is 2. The molecular weight excluding hydrogens is 468 g/mol. The van der Waals surface area contributed by atoms with Gasteiger partial charge in [0.15, 0.2) is 0 Å². The number of carbonyl (C=O) groups is 2. The Bertz CT molecular complexity index is 1530. The van der Waals surface area contributed by atoms with E-state index in [4.69, 9.17) is 0 Å². The van der Waals surface area contributed by atoms with Crippen LogP contribution in [0.2, 0.25) is 0 Å². The third-order valence-electron chi connectivity index (χ3n) is 5.62. The number of nitro groups is 2. The summed E-state index contributed by atoms with van der Waals surface area (Å²) >= 11 is 0. The molecular formula is C26H16N2O8. The van der Waals surface area contributed by atoms with Gasteiger partial charge in [0.2, 0.25) is 0 Å². The molecule has 0 heterocycles. The molecule has 0 aromatic heterocycles. The third kappa shape index (κ3) is 4.38. The number of benzene rings is 4. The van der Waals surface area contributed by atoms with Crippen molar-refractivity contribution >= 4 is 45.6 Å². The second-order valence-electron chi connectivity index (χ2n) is 7.68. The van der Waals surface area contributed by atoms with Crippen LogP contribution in [-0.4, -0.2) is 32.0 Å². The first kappa shape index (κ1) is 23.8. The number of rotatable bonds is 7. The summed E-state index contributed by atoms with van der Waals surface area (Å²) < 4.78 is 0. The van der Waals surface area contributed by atoms with Crippen molar-refractivity contribution in [3.63, 3.8) is 0 Å². The summed E-state index contributed by atoms with van der Waals surface area (Å²) in [5.74, 6) is -2.36. The number of aromatic carboxylic acids is 2. The van der Waals surface area contributed by atoms with Gasteiger partial charge in [-0.3, -0.25) is 20.2 Å². The van der Waals surface area contributed by atoms with Gasteiger partial charge in [-0.1, -0.05) is 60.7 Å². The zero-order valence-corrected chi connectivity index (χ0v) is 18.3. The molecule has 0 unspecified atom stereocenters. The van der Waals surface area contributed by atoms with Crippen LogP contribution < -0.4 is 0 Å². The summed E-state index contributed by atoms with van der Waals surface area (Å²) in [4.78, 5) is 45.3. The normalized spacial score (nSPS) is 12.0. The Hall–Kier alpha value is -5.38. The van der Waals surface area contributed by atoms with Crippen LogP contribution >= 0.6 is 0 Å². The molecule has 0 spiro atoms. The Morgan fingerprint density at radius 1 is 0.583 bits per heavy atom. The standard InChI is InChI=1S/C26H16N2O8/c29-25(30)21-11-9-15(17-5-1-3-7-19(17)21)13-23(27(33)34)24(28(35)36)14-16-10-12-22(26(31)32)20-8-4-2-6-18(16)20/h1-14H,(H,29,30)(H,31,32)/b23-13+,24-14+. The Kier molecular flexibility index (Phi) is 6.25. The van der Waals surface area contributed by atoms with Crippen LogP contribution in [0.5, 0.6) is 0 Å². The van der Waals surface area contributed by atoms with Gasteiger partial charge in [-0.05, 0) is 44.8 Å². The van der Waals surface area contributed by atoms with E-state index in [9.17, 15) is 40.0 Å². The van der Waals surface area contributed by atoms with E-state index >= 15 is 0 Å². The fraction of sp³-hybridized carbons (Fsp3) is 0. The first-order chi connectivity index (χ1) is 17.2. The van der Waals surface area contributed by atoms with Crippen molar-refractivity contribution in [2.45, 2.75) is 0 Å². The van der Waals surface area contributed by atoms with E-state index in [1.165, 1.54) is 24.3 Å². The predicted octanol–water partition coefficient (Wildman–Crippen LogP) is 5.32. The van der Waals surface area contributed by atoms with Crippen molar-refractivity contribution in [3.8, 4) is 0 Å². The molecule has 0 bridgehead atoms. The number of nitrogens with zero attached hydrogens (tertiary/aromatic N) is 2. The summed E-state index contributed by atoms with van der Waals surface area (Å²) in [6, 6.07) is 18.0. The minimum atomic E-state index is -1.18. The third-order valence-corrected chi connectivity index (χ3v) is 5.62. The molecule has 0 atom stereocenters. The van der Waals surface area contributed by atoms with Crippen molar-refractivity contribution in [1.29, 1.82) is 0 Å². The monoisotopic (exact) mass is 484 g/mol. The van der Waals surface area contributed by atoms with Crippen molar-refractivity contribution in [2.75, 3.05) is 0 Å². The quantitative estimate of drug-likeness (QED) is 0.202. The number of hydrogen-bond acceptors (Lipinski definition) is 6. The van der Waals surface area contributed by atoms with E-state index in [1.807, 2.05) is 0 Å². The Labute approximate surface area is 202 Å².